The van der Waals surface area contributed by atoms with E-state index in [2.05, 4.69) is 16.3 Å². The standard InChI is InChI=1S/C27H32N4O4/c1-30-13-11-27(20-28,12-14-30)29-25(32)24(35-26(33)31-15-17-34-18-16-31)19-21-7-9-23(10-8-21)22-5-3-2-4-6-22/h2-10,24H,11-19H2,1H3,(H,29,32). The largest absolute Gasteiger partial charge is 0.436 e. The first kappa shape index (κ1) is 24.7. The second kappa shape index (κ2) is 11.3. The van der Waals surface area contributed by atoms with E-state index in [1.54, 1.807) is 4.90 Å². The molecule has 0 aromatic heterocycles. The summed E-state index contributed by atoms with van der Waals surface area (Å²) in [7, 11) is 2.00. The van der Waals surface area contributed by atoms with Crippen molar-refractivity contribution in [2.75, 3.05) is 46.4 Å². The summed E-state index contributed by atoms with van der Waals surface area (Å²) in [4.78, 5) is 29.9. The van der Waals surface area contributed by atoms with E-state index in [1.165, 1.54) is 0 Å². The molecule has 2 aliphatic heterocycles. The second-order valence-corrected chi connectivity index (χ2v) is 9.23. The number of amides is 2. The molecule has 2 saturated heterocycles. The highest BCUT2D eigenvalue weighted by atomic mass is 16.6. The van der Waals surface area contributed by atoms with E-state index in [1.807, 2.05) is 61.6 Å². The van der Waals surface area contributed by atoms with Crippen LogP contribution in [0.2, 0.25) is 0 Å². The third kappa shape index (κ3) is 6.38. The molecule has 0 aliphatic carbocycles. The van der Waals surface area contributed by atoms with Crippen molar-refractivity contribution in [1.29, 1.82) is 5.26 Å². The highest BCUT2D eigenvalue weighted by Gasteiger charge is 2.38. The predicted octanol–water partition coefficient (Wildman–Crippen LogP) is 2.84. The van der Waals surface area contributed by atoms with Gasteiger partial charge in [0.1, 0.15) is 5.54 Å². The quantitative estimate of drug-likeness (QED) is 0.689. The van der Waals surface area contributed by atoms with Gasteiger partial charge in [-0.25, -0.2) is 4.79 Å². The van der Waals surface area contributed by atoms with Gasteiger partial charge in [-0.1, -0.05) is 54.6 Å². The number of carbonyl (C=O) groups is 2. The minimum atomic E-state index is -1.04. The van der Waals surface area contributed by atoms with E-state index in [0.29, 0.717) is 52.2 Å². The van der Waals surface area contributed by atoms with Crippen LogP contribution in [0.5, 0.6) is 0 Å². The Labute approximate surface area is 206 Å². The molecule has 2 amide bonds. The molecule has 8 nitrogen and oxygen atoms in total. The number of nitrogens with zero attached hydrogens (tertiary/aromatic N) is 3. The summed E-state index contributed by atoms with van der Waals surface area (Å²) < 4.78 is 11.0. The van der Waals surface area contributed by atoms with Gasteiger partial charge in [0, 0.05) is 32.6 Å². The monoisotopic (exact) mass is 476 g/mol. The molecule has 2 aromatic carbocycles. The highest BCUT2D eigenvalue weighted by molar-refractivity contribution is 5.85. The van der Waals surface area contributed by atoms with Crippen molar-refractivity contribution in [2.45, 2.75) is 30.9 Å². The third-order valence-electron chi connectivity index (χ3n) is 6.70. The zero-order chi connectivity index (χ0) is 24.7. The summed E-state index contributed by atoms with van der Waals surface area (Å²) in [6.07, 6.45) is -0.302. The zero-order valence-corrected chi connectivity index (χ0v) is 20.1. The normalized spacial score (nSPS) is 18.8. The van der Waals surface area contributed by atoms with Gasteiger partial charge in [0.15, 0.2) is 6.10 Å². The van der Waals surface area contributed by atoms with Crippen LogP contribution in [-0.2, 0) is 20.7 Å². The van der Waals surface area contributed by atoms with E-state index in [9.17, 15) is 14.9 Å². The fraction of sp³-hybridized carbons (Fsp3) is 0.444. The van der Waals surface area contributed by atoms with Crippen LogP contribution in [0.3, 0.4) is 0 Å². The molecular weight excluding hydrogens is 444 g/mol. The van der Waals surface area contributed by atoms with Crippen molar-refractivity contribution < 1.29 is 19.1 Å². The van der Waals surface area contributed by atoms with Gasteiger partial charge in [-0.2, -0.15) is 5.26 Å². The first-order valence-corrected chi connectivity index (χ1v) is 12.1. The molecule has 35 heavy (non-hydrogen) atoms. The van der Waals surface area contributed by atoms with Crippen molar-refractivity contribution in [2.24, 2.45) is 0 Å². The van der Waals surface area contributed by atoms with Crippen LogP contribution >= 0.6 is 0 Å². The van der Waals surface area contributed by atoms with Crippen LogP contribution in [0.15, 0.2) is 54.6 Å². The minimum Gasteiger partial charge on any atom is -0.436 e. The van der Waals surface area contributed by atoms with E-state index < -0.39 is 23.6 Å². The summed E-state index contributed by atoms with van der Waals surface area (Å²) in [6.45, 7) is 3.16. The van der Waals surface area contributed by atoms with E-state index >= 15 is 0 Å². The molecule has 1 N–H and O–H groups in total. The Bertz CT molecular complexity index is 1040. The molecule has 0 saturated carbocycles. The number of hydrogen-bond acceptors (Lipinski definition) is 6. The SMILES string of the molecule is CN1CCC(C#N)(NC(=O)C(Cc2ccc(-c3ccccc3)cc2)OC(=O)N2CCOCC2)CC1. The lowest BCUT2D eigenvalue weighted by Crippen LogP contribution is -2.57. The molecule has 2 heterocycles. The van der Waals surface area contributed by atoms with Gasteiger partial charge in [-0.3, -0.25) is 4.79 Å². The van der Waals surface area contributed by atoms with E-state index in [0.717, 1.165) is 16.7 Å². The lowest BCUT2D eigenvalue weighted by Gasteiger charge is -2.37. The number of morpholine rings is 1. The Kier molecular flexibility index (Phi) is 8.01. The number of hydrogen-bond donors (Lipinski definition) is 1. The Morgan fingerprint density at radius 3 is 2.29 bits per heavy atom. The van der Waals surface area contributed by atoms with E-state index in [-0.39, 0.29) is 6.42 Å². The molecule has 2 fully saturated rings. The van der Waals surface area contributed by atoms with Gasteiger partial charge in [-0.15, -0.1) is 0 Å². The maximum atomic E-state index is 13.4. The van der Waals surface area contributed by atoms with E-state index in [4.69, 9.17) is 9.47 Å². The molecule has 2 aliphatic rings. The van der Waals surface area contributed by atoms with Crippen molar-refractivity contribution >= 4 is 12.0 Å². The van der Waals surface area contributed by atoms with Crippen molar-refractivity contribution in [3.8, 4) is 17.2 Å². The molecule has 0 radical (unpaired) electrons. The topological polar surface area (TPSA) is 94.9 Å². The van der Waals surface area contributed by atoms with Gasteiger partial charge in [0.2, 0.25) is 0 Å². The summed E-state index contributed by atoms with van der Waals surface area (Å²) in [5, 5.41) is 12.8. The number of likely N-dealkylation sites (tertiary alicyclic amines) is 1. The Morgan fingerprint density at radius 1 is 1.03 bits per heavy atom. The fourth-order valence-corrected chi connectivity index (χ4v) is 4.39. The maximum Gasteiger partial charge on any atom is 0.410 e. The molecule has 8 heteroatoms. The van der Waals surface area contributed by atoms with Crippen LogP contribution in [0.4, 0.5) is 4.79 Å². The minimum absolute atomic E-state index is 0.221. The average molecular weight is 477 g/mol. The molecule has 4 rings (SSSR count). The van der Waals surface area contributed by atoms with Crippen LogP contribution in [-0.4, -0.2) is 79.9 Å². The van der Waals surface area contributed by atoms with Gasteiger partial charge in [0.25, 0.3) is 5.91 Å². The number of rotatable bonds is 6. The molecule has 0 spiro atoms. The zero-order valence-electron chi connectivity index (χ0n) is 20.1. The van der Waals surface area contributed by atoms with Gasteiger partial charge < -0.3 is 24.6 Å². The van der Waals surface area contributed by atoms with Crippen molar-refractivity contribution in [3.05, 3.63) is 60.2 Å². The Morgan fingerprint density at radius 2 is 1.66 bits per heavy atom. The van der Waals surface area contributed by atoms with Crippen LogP contribution in [0.25, 0.3) is 11.1 Å². The van der Waals surface area contributed by atoms with Crippen molar-refractivity contribution in [1.82, 2.24) is 15.1 Å². The summed E-state index contributed by atoms with van der Waals surface area (Å²) in [5.74, 6) is -0.440. The molecule has 1 atom stereocenters. The Balaban J connectivity index is 1.50. The second-order valence-electron chi connectivity index (χ2n) is 9.23. The van der Waals surface area contributed by atoms with Gasteiger partial charge in [0.05, 0.1) is 19.3 Å². The van der Waals surface area contributed by atoms with Gasteiger partial charge >= 0.3 is 6.09 Å². The van der Waals surface area contributed by atoms with Crippen LogP contribution in [0.1, 0.15) is 18.4 Å². The molecule has 184 valence electrons. The summed E-state index contributed by atoms with van der Waals surface area (Å²) >= 11 is 0. The maximum absolute atomic E-state index is 13.4. The Hall–Kier alpha value is -3.41. The number of nitrogens with one attached hydrogen (secondary N) is 1. The number of ether oxygens (including phenoxy) is 2. The lowest BCUT2D eigenvalue weighted by molar-refractivity contribution is -0.132. The molecule has 2 aromatic rings. The average Bonchev–Trinajstić information content (AvgIpc) is 2.91. The number of nitriles is 1. The number of piperidine rings is 1. The molecule has 0 bridgehead atoms. The van der Waals surface area contributed by atoms with Crippen LogP contribution < -0.4 is 5.32 Å². The number of benzene rings is 2. The highest BCUT2D eigenvalue weighted by Crippen LogP contribution is 2.23. The fourth-order valence-electron chi connectivity index (χ4n) is 4.39. The predicted molar refractivity (Wildman–Crippen MR) is 131 cm³/mol. The third-order valence-corrected chi connectivity index (χ3v) is 6.70. The molecule has 1 unspecified atom stereocenters. The summed E-state index contributed by atoms with van der Waals surface area (Å²) in [5.41, 5.74) is 2.08. The van der Waals surface area contributed by atoms with Crippen LogP contribution in [0, 0.1) is 11.3 Å². The van der Waals surface area contributed by atoms with Crippen molar-refractivity contribution in [3.63, 3.8) is 0 Å². The smallest absolute Gasteiger partial charge is 0.410 e. The summed E-state index contributed by atoms with van der Waals surface area (Å²) in [6, 6.07) is 20.2. The molecular formula is C27H32N4O4. The first-order valence-electron chi connectivity index (χ1n) is 12.1. The van der Waals surface area contributed by atoms with Gasteiger partial charge in [-0.05, 0) is 36.6 Å². The number of carbonyl (C=O) groups excluding carboxylic acids is 2. The lowest BCUT2D eigenvalue weighted by atomic mass is 9.88. The first-order chi connectivity index (χ1) is 17.0.